The minimum atomic E-state index is -1.77. The van der Waals surface area contributed by atoms with E-state index in [0.29, 0.717) is 27.6 Å². The van der Waals surface area contributed by atoms with Crippen molar-refractivity contribution in [2.45, 2.75) is 18.2 Å². The first-order valence-electron chi connectivity index (χ1n) is 10.2. The second-order valence-corrected chi connectivity index (χ2v) is 8.56. The van der Waals surface area contributed by atoms with Gasteiger partial charge in [0.15, 0.2) is 11.4 Å². The molecular formula is C25H20ClN3O3. The molecule has 1 atom stereocenters. The van der Waals surface area contributed by atoms with Gasteiger partial charge in [0.25, 0.3) is 0 Å². The first-order valence-corrected chi connectivity index (χ1v) is 10.5. The van der Waals surface area contributed by atoms with Crippen LogP contribution in [0.1, 0.15) is 11.1 Å². The Morgan fingerprint density at radius 1 is 1.00 bits per heavy atom. The molecule has 2 heterocycles. The van der Waals surface area contributed by atoms with Crippen molar-refractivity contribution >= 4 is 34.7 Å². The van der Waals surface area contributed by atoms with Gasteiger partial charge in [-0.25, -0.2) is 9.64 Å². The average molecular weight is 446 g/mol. The molecule has 3 aromatic carbocycles. The predicted octanol–water partition coefficient (Wildman–Crippen LogP) is 5.26. The quantitative estimate of drug-likeness (QED) is 0.559. The van der Waals surface area contributed by atoms with Crippen molar-refractivity contribution in [3.63, 3.8) is 0 Å². The van der Waals surface area contributed by atoms with Gasteiger partial charge in [0, 0.05) is 16.4 Å². The van der Waals surface area contributed by atoms with Gasteiger partial charge in [-0.05, 0) is 55.0 Å². The topological polar surface area (TPSA) is 57.4 Å². The molecular weight excluding hydrogens is 426 g/mol. The summed E-state index contributed by atoms with van der Waals surface area (Å²) >= 11 is 6.08. The molecule has 32 heavy (non-hydrogen) atoms. The molecule has 0 radical (unpaired) electrons. The number of hydrogen-bond donors (Lipinski definition) is 1. The number of halogens is 1. The molecule has 2 saturated heterocycles. The molecule has 1 N–H and O–H groups in total. The van der Waals surface area contributed by atoms with Gasteiger partial charge in [0.2, 0.25) is 0 Å². The number of benzene rings is 3. The number of urea groups is 1. The van der Waals surface area contributed by atoms with Crippen LogP contribution >= 0.6 is 11.6 Å². The van der Waals surface area contributed by atoms with E-state index >= 15 is 0 Å². The highest BCUT2D eigenvalue weighted by atomic mass is 35.5. The molecule has 2 fully saturated rings. The zero-order valence-corrected chi connectivity index (χ0v) is 18.1. The molecule has 160 valence electrons. The van der Waals surface area contributed by atoms with E-state index in [-0.39, 0.29) is 19.2 Å². The molecule has 0 saturated carbocycles. The highest BCUT2D eigenvalue weighted by Crippen LogP contribution is 2.54. The summed E-state index contributed by atoms with van der Waals surface area (Å²) in [5.41, 5.74) is 0.194. The van der Waals surface area contributed by atoms with E-state index in [4.69, 9.17) is 22.9 Å². The van der Waals surface area contributed by atoms with Crippen LogP contribution in [-0.2, 0) is 10.5 Å². The molecule has 2 amide bonds. The summed E-state index contributed by atoms with van der Waals surface area (Å²) < 4.78 is 5.59. The van der Waals surface area contributed by atoms with Gasteiger partial charge >= 0.3 is 6.03 Å². The van der Waals surface area contributed by atoms with Gasteiger partial charge in [-0.2, -0.15) is 0 Å². The second-order valence-electron chi connectivity index (χ2n) is 8.12. The van der Waals surface area contributed by atoms with E-state index in [0.717, 1.165) is 5.56 Å². The van der Waals surface area contributed by atoms with Crippen LogP contribution in [0.4, 0.5) is 21.9 Å². The number of anilines is 2. The third-order valence-corrected chi connectivity index (χ3v) is 6.47. The van der Waals surface area contributed by atoms with Gasteiger partial charge < -0.3 is 9.84 Å². The van der Waals surface area contributed by atoms with Crippen molar-refractivity contribution in [1.29, 1.82) is 0 Å². The Kier molecular flexibility index (Phi) is 4.72. The van der Waals surface area contributed by atoms with Gasteiger partial charge in [0.1, 0.15) is 5.54 Å². The summed E-state index contributed by atoms with van der Waals surface area (Å²) in [6.45, 7) is 9.66. The lowest BCUT2D eigenvalue weighted by molar-refractivity contribution is -0.153. The molecule has 0 aromatic heterocycles. The van der Waals surface area contributed by atoms with Crippen LogP contribution in [0.5, 0.6) is 0 Å². The standard InChI is InChI=1S/C25H20ClN3O3/c1-17-6-10-22(11-7-17)29-23(30)28(21-12-8-19(26)9-13-21)24(15-32-16-24)25(29,31)18-4-3-5-20(14-18)27-2/h3-14,31H,15-16H2,1H3. The maximum Gasteiger partial charge on any atom is 0.332 e. The Balaban J connectivity index is 1.77. The number of carbonyl (C=O) groups excluding carboxylic acids is 1. The van der Waals surface area contributed by atoms with Crippen molar-refractivity contribution in [3.8, 4) is 0 Å². The number of carbonyl (C=O) groups is 1. The molecule has 0 aliphatic carbocycles. The monoisotopic (exact) mass is 445 g/mol. The molecule has 1 unspecified atom stereocenters. The van der Waals surface area contributed by atoms with E-state index in [2.05, 4.69) is 4.85 Å². The van der Waals surface area contributed by atoms with Crippen LogP contribution < -0.4 is 9.80 Å². The molecule has 5 rings (SSSR count). The molecule has 0 bridgehead atoms. The number of hydrogen-bond acceptors (Lipinski definition) is 3. The van der Waals surface area contributed by atoms with Crippen LogP contribution in [0, 0.1) is 13.5 Å². The SMILES string of the molecule is [C-]#[N+]c1cccc(C2(O)N(c3ccc(C)cc3)C(=O)N(c3ccc(Cl)cc3)C23COC3)c1. The first-order chi connectivity index (χ1) is 15.4. The Bertz CT molecular complexity index is 1230. The number of amides is 2. The molecule has 2 aliphatic heterocycles. The first kappa shape index (κ1) is 20.5. The third kappa shape index (κ3) is 2.76. The van der Waals surface area contributed by atoms with Crippen molar-refractivity contribution in [2.24, 2.45) is 0 Å². The minimum Gasteiger partial charge on any atom is -0.376 e. The zero-order chi connectivity index (χ0) is 22.5. The average Bonchev–Trinajstić information content (AvgIpc) is 3.00. The number of nitrogens with zero attached hydrogens (tertiary/aromatic N) is 3. The zero-order valence-electron chi connectivity index (χ0n) is 17.3. The number of aliphatic hydroxyl groups is 1. The molecule has 7 heteroatoms. The van der Waals surface area contributed by atoms with Crippen LogP contribution in [0.15, 0.2) is 72.8 Å². The lowest BCUT2D eigenvalue weighted by Gasteiger charge is -2.51. The van der Waals surface area contributed by atoms with Gasteiger partial charge in [-0.15, -0.1) is 0 Å². The number of aryl methyl sites for hydroxylation is 1. The van der Waals surface area contributed by atoms with E-state index in [9.17, 15) is 9.90 Å². The third-order valence-electron chi connectivity index (χ3n) is 6.22. The van der Waals surface area contributed by atoms with Gasteiger partial charge in [-0.1, -0.05) is 47.5 Å². The maximum atomic E-state index is 14.0. The van der Waals surface area contributed by atoms with Gasteiger partial charge in [0.05, 0.1) is 19.8 Å². The predicted molar refractivity (Wildman–Crippen MR) is 123 cm³/mol. The Hall–Kier alpha value is -3.37. The molecule has 6 nitrogen and oxygen atoms in total. The van der Waals surface area contributed by atoms with Crippen LogP contribution in [0.25, 0.3) is 4.85 Å². The van der Waals surface area contributed by atoms with Crippen molar-refractivity contribution in [1.82, 2.24) is 0 Å². The highest BCUT2D eigenvalue weighted by molar-refractivity contribution is 6.30. The van der Waals surface area contributed by atoms with E-state index in [1.807, 2.05) is 31.2 Å². The summed E-state index contributed by atoms with van der Waals surface area (Å²) in [5.74, 6) is 0. The molecule has 3 aromatic rings. The lowest BCUT2D eigenvalue weighted by Crippen LogP contribution is -2.70. The van der Waals surface area contributed by atoms with Crippen LogP contribution in [0.2, 0.25) is 5.02 Å². The van der Waals surface area contributed by atoms with E-state index in [1.54, 1.807) is 53.4 Å². The molecule has 2 aliphatic rings. The smallest absolute Gasteiger partial charge is 0.332 e. The minimum absolute atomic E-state index is 0.141. The second kappa shape index (κ2) is 7.35. The Morgan fingerprint density at radius 3 is 2.22 bits per heavy atom. The molecule has 1 spiro atoms. The summed E-state index contributed by atoms with van der Waals surface area (Å²) in [6, 6.07) is 20.8. The van der Waals surface area contributed by atoms with E-state index < -0.39 is 11.3 Å². The highest BCUT2D eigenvalue weighted by Gasteiger charge is 2.72. The number of ether oxygens (including phenoxy) is 1. The van der Waals surface area contributed by atoms with E-state index in [1.165, 1.54) is 4.90 Å². The maximum absolute atomic E-state index is 14.0. The Morgan fingerprint density at radius 2 is 1.62 bits per heavy atom. The fraction of sp³-hybridized carbons (Fsp3) is 0.200. The normalized spacial score (nSPS) is 21.5. The summed E-state index contributed by atoms with van der Waals surface area (Å²) in [7, 11) is 0. The fourth-order valence-corrected chi connectivity index (χ4v) is 4.67. The lowest BCUT2D eigenvalue weighted by atomic mass is 9.78. The largest absolute Gasteiger partial charge is 0.376 e. The van der Waals surface area contributed by atoms with Crippen molar-refractivity contribution < 1.29 is 14.6 Å². The van der Waals surface area contributed by atoms with Crippen LogP contribution in [0.3, 0.4) is 0 Å². The van der Waals surface area contributed by atoms with Crippen molar-refractivity contribution in [2.75, 3.05) is 23.0 Å². The van der Waals surface area contributed by atoms with Crippen molar-refractivity contribution in [3.05, 3.63) is 100 Å². The Labute approximate surface area is 191 Å². The summed E-state index contributed by atoms with van der Waals surface area (Å²) in [4.78, 5) is 20.5. The summed E-state index contributed by atoms with van der Waals surface area (Å²) in [6.07, 6.45) is 0. The van der Waals surface area contributed by atoms with Gasteiger partial charge in [-0.3, -0.25) is 9.80 Å². The summed E-state index contributed by atoms with van der Waals surface area (Å²) in [5, 5.41) is 13.0. The number of rotatable bonds is 3. The fourth-order valence-electron chi connectivity index (χ4n) is 4.54. The van der Waals surface area contributed by atoms with Crippen LogP contribution in [-0.4, -0.2) is 29.9 Å².